The van der Waals surface area contributed by atoms with E-state index in [9.17, 15) is 26.7 Å². The third kappa shape index (κ3) is 4.00. The smallest absolute Gasteiger partial charge is 0.433 e. The highest BCUT2D eigenvalue weighted by Crippen LogP contribution is 2.24. The number of halogens is 5. The first-order valence-electron chi connectivity index (χ1n) is 4.23. The summed E-state index contributed by atoms with van der Waals surface area (Å²) in [5.41, 5.74) is -0.870. The molecule has 0 aliphatic carbocycles. The molecule has 9 heteroatoms. The molecular formula is C8H9F5N2O2. The Balaban J connectivity index is 5.51. The maximum atomic E-state index is 12.2. The molecule has 0 atom stereocenters. The van der Waals surface area contributed by atoms with Gasteiger partial charge in [-0.1, -0.05) is 0 Å². The Morgan fingerprint density at radius 3 is 2.18 bits per heavy atom. The molecule has 0 amide bonds. The first-order chi connectivity index (χ1) is 7.62. The van der Waals surface area contributed by atoms with Crippen molar-refractivity contribution in [2.75, 3.05) is 6.61 Å². The maximum absolute atomic E-state index is 12.2. The van der Waals surface area contributed by atoms with E-state index in [-0.39, 0.29) is 6.61 Å². The monoisotopic (exact) mass is 260 g/mol. The van der Waals surface area contributed by atoms with Crippen molar-refractivity contribution in [3.8, 4) is 0 Å². The van der Waals surface area contributed by atoms with Gasteiger partial charge in [-0.15, -0.1) is 0 Å². The highest BCUT2D eigenvalue weighted by molar-refractivity contribution is 6.21. The van der Waals surface area contributed by atoms with E-state index in [1.165, 1.54) is 6.92 Å². The van der Waals surface area contributed by atoms with Crippen molar-refractivity contribution in [2.45, 2.75) is 19.5 Å². The van der Waals surface area contributed by atoms with Gasteiger partial charge in [-0.05, 0) is 6.92 Å². The summed E-state index contributed by atoms with van der Waals surface area (Å²) in [5.74, 6) is -1.70. The molecule has 0 spiro atoms. The standard InChI is InChI=1S/C8H9F5N2O2/c1-2-17-7(16)3(4(14)6(9)10)5(15)8(11,12)13/h6,15H,2,14H2,1H3. The van der Waals surface area contributed by atoms with Gasteiger partial charge in [0, 0.05) is 0 Å². The number of rotatable bonds is 4. The summed E-state index contributed by atoms with van der Waals surface area (Å²) in [4.78, 5) is 11.0. The van der Waals surface area contributed by atoms with E-state index in [0.717, 1.165) is 0 Å². The zero-order chi connectivity index (χ0) is 13.8. The van der Waals surface area contributed by atoms with Gasteiger partial charge in [-0.25, -0.2) is 13.6 Å². The quantitative estimate of drug-likeness (QED) is 0.349. The maximum Gasteiger partial charge on any atom is 0.433 e. The van der Waals surface area contributed by atoms with Crippen molar-refractivity contribution in [1.82, 2.24) is 0 Å². The van der Waals surface area contributed by atoms with Crippen LogP contribution in [0.4, 0.5) is 22.0 Å². The van der Waals surface area contributed by atoms with Crippen LogP contribution in [0.2, 0.25) is 0 Å². The van der Waals surface area contributed by atoms with Crippen LogP contribution in [0.5, 0.6) is 0 Å². The Labute approximate surface area is 92.7 Å². The molecule has 0 aromatic heterocycles. The molecular weight excluding hydrogens is 251 g/mol. The summed E-state index contributed by atoms with van der Waals surface area (Å²) in [5, 5.41) is 6.63. The zero-order valence-corrected chi connectivity index (χ0v) is 8.57. The number of alkyl halides is 5. The predicted octanol–water partition coefficient (Wildman–Crippen LogP) is 1.61. The number of nitrogens with two attached hydrogens (primary N) is 1. The minimum absolute atomic E-state index is 0.329. The molecule has 0 fully saturated rings. The minimum Gasteiger partial charge on any atom is -0.462 e. The predicted molar refractivity (Wildman–Crippen MR) is 47.6 cm³/mol. The molecule has 0 aromatic carbocycles. The van der Waals surface area contributed by atoms with Crippen molar-refractivity contribution in [3.05, 3.63) is 11.3 Å². The number of allylic oxidation sites excluding steroid dienone is 1. The second-order valence-electron chi connectivity index (χ2n) is 2.72. The molecule has 0 radical (unpaired) electrons. The van der Waals surface area contributed by atoms with Crippen LogP contribution >= 0.6 is 0 Å². The van der Waals surface area contributed by atoms with E-state index >= 15 is 0 Å². The van der Waals surface area contributed by atoms with Crippen LogP contribution in [0.3, 0.4) is 0 Å². The highest BCUT2D eigenvalue weighted by atomic mass is 19.4. The first kappa shape index (κ1) is 15.3. The van der Waals surface area contributed by atoms with Crippen LogP contribution < -0.4 is 5.73 Å². The molecule has 0 aromatic rings. The van der Waals surface area contributed by atoms with Gasteiger partial charge in [-0.3, -0.25) is 5.41 Å². The molecule has 4 nitrogen and oxygen atoms in total. The number of hydrogen-bond donors (Lipinski definition) is 2. The Bertz CT molecular complexity index is 348. The van der Waals surface area contributed by atoms with Crippen molar-refractivity contribution >= 4 is 11.7 Å². The van der Waals surface area contributed by atoms with Crippen LogP contribution in [0.1, 0.15) is 6.92 Å². The number of carbonyl (C=O) groups is 1. The Kier molecular flexibility index (Phi) is 5.05. The number of ether oxygens (including phenoxy) is 1. The van der Waals surface area contributed by atoms with Gasteiger partial charge < -0.3 is 10.5 Å². The van der Waals surface area contributed by atoms with Gasteiger partial charge in [0.25, 0.3) is 6.43 Å². The Morgan fingerprint density at radius 2 is 1.88 bits per heavy atom. The molecule has 0 saturated heterocycles. The van der Waals surface area contributed by atoms with Gasteiger partial charge in [0.1, 0.15) is 5.57 Å². The molecule has 0 saturated carbocycles. The molecule has 0 rings (SSSR count). The van der Waals surface area contributed by atoms with E-state index in [1.54, 1.807) is 0 Å². The van der Waals surface area contributed by atoms with Crippen LogP contribution in [0.15, 0.2) is 11.3 Å². The van der Waals surface area contributed by atoms with Gasteiger partial charge in [0.2, 0.25) is 0 Å². The number of hydrogen-bond acceptors (Lipinski definition) is 4. The van der Waals surface area contributed by atoms with Crippen LogP contribution in [-0.4, -0.2) is 30.9 Å². The van der Waals surface area contributed by atoms with Crippen molar-refractivity contribution < 1.29 is 31.5 Å². The van der Waals surface area contributed by atoms with Gasteiger partial charge >= 0.3 is 12.1 Å². The second-order valence-corrected chi connectivity index (χ2v) is 2.72. The third-order valence-electron chi connectivity index (χ3n) is 1.54. The lowest BCUT2D eigenvalue weighted by molar-refractivity contribution is -0.138. The molecule has 17 heavy (non-hydrogen) atoms. The van der Waals surface area contributed by atoms with E-state index in [1.807, 2.05) is 0 Å². The average molecular weight is 260 g/mol. The highest BCUT2D eigenvalue weighted by Gasteiger charge is 2.42. The summed E-state index contributed by atoms with van der Waals surface area (Å²) in [6, 6.07) is 0. The lowest BCUT2D eigenvalue weighted by atomic mass is 10.1. The molecule has 3 N–H and O–H groups in total. The molecule has 0 bridgehead atoms. The molecule has 0 heterocycles. The van der Waals surface area contributed by atoms with E-state index in [0.29, 0.717) is 0 Å². The summed E-state index contributed by atoms with van der Waals surface area (Å²) in [6.07, 6.45) is -8.75. The normalized spacial score (nSPS) is 13.4. The zero-order valence-electron chi connectivity index (χ0n) is 8.57. The molecule has 0 unspecified atom stereocenters. The fourth-order valence-electron chi connectivity index (χ4n) is 0.818. The average Bonchev–Trinajstić information content (AvgIpc) is 2.16. The Morgan fingerprint density at radius 1 is 1.41 bits per heavy atom. The van der Waals surface area contributed by atoms with Crippen molar-refractivity contribution in [3.63, 3.8) is 0 Å². The topological polar surface area (TPSA) is 76.2 Å². The fraction of sp³-hybridized carbons (Fsp3) is 0.500. The van der Waals surface area contributed by atoms with Crippen LogP contribution in [0.25, 0.3) is 0 Å². The summed E-state index contributed by atoms with van der Waals surface area (Å²) in [7, 11) is 0. The number of esters is 1. The fourth-order valence-corrected chi connectivity index (χ4v) is 0.818. The van der Waals surface area contributed by atoms with Gasteiger partial charge in [0.05, 0.1) is 12.3 Å². The van der Waals surface area contributed by atoms with Crippen molar-refractivity contribution in [1.29, 1.82) is 5.41 Å². The van der Waals surface area contributed by atoms with E-state index < -0.39 is 35.6 Å². The molecule has 98 valence electrons. The molecule has 0 aliphatic heterocycles. The van der Waals surface area contributed by atoms with Crippen molar-refractivity contribution in [2.24, 2.45) is 5.73 Å². The lowest BCUT2D eigenvalue weighted by Crippen LogP contribution is -2.32. The molecule has 0 aliphatic rings. The van der Waals surface area contributed by atoms with Gasteiger partial charge in [-0.2, -0.15) is 13.2 Å². The van der Waals surface area contributed by atoms with E-state index in [4.69, 9.17) is 5.41 Å². The number of nitrogens with one attached hydrogen (secondary N) is 1. The van der Waals surface area contributed by atoms with Crippen LogP contribution in [0, 0.1) is 5.41 Å². The largest absolute Gasteiger partial charge is 0.462 e. The third-order valence-corrected chi connectivity index (χ3v) is 1.54. The SMILES string of the molecule is CCOC(=O)C(C(=N)C(F)(F)F)=C(N)C(F)F. The van der Waals surface area contributed by atoms with Gasteiger partial charge in [0.15, 0.2) is 5.71 Å². The second kappa shape index (κ2) is 5.60. The first-order valence-corrected chi connectivity index (χ1v) is 4.23. The van der Waals surface area contributed by atoms with E-state index in [2.05, 4.69) is 10.5 Å². The summed E-state index contributed by atoms with van der Waals surface area (Å²) < 4.78 is 65.0. The lowest BCUT2D eigenvalue weighted by Gasteiger charge is -2.13. The Hall–Kier alpha value is -1.67. The summed E-state index contributed by atoms with van der Waals surface area (Å²) >= 11 is 0. The minimum atomic E-state index is -5.26. The van der Waals surface area contributed by atoms with Crippen LogP contribution in [-0.2, 0) is 9.53 Å². The number of carbonyl (C=O) groups excluding carboxylic acids is 1. The summed E-state index contributed by atoms with van der Waals surface area (Å²) in [6.45, 7) is 0.940.